The number of rotatable bonds is 4. The Morgan fingerprint density at radius 1 is 1.03 bits per heavy atom. The molecule has 0 spiro atoms. The first-order chi connectivity index (χ1) is 18.1. The molecule has 0 saturated heterocycles. The Bertz CT molecular complexity index is 1500. The third kappa shape index (κ3) is 4.31. The van der Waals surface area contributed by atoms with Crippen molar-refractivity contribution in [2.45, 2.75) is 39.5 Å². The average Bonchev–Trinajstić information content (AvgIpc) is 2.89. The number of allylic oxidation sites excluding steroid dienone is 2. The van der Waals surface area contributed by atoms with E-state index < -0.39 is 5.92 Å². The fraction of sp³-hybridized carbons (Fsp3) is 0.250. The molecule has 0 amide bonds. The van der Waals surface area contributed by atoms with Gasteiger partial charge in [0.2, 0.25) is 0 Å². The summed E-state index contributed by atoms with van der Waals surface area (Å²) in [7, 11) is 1.59. The van der Waals surface area contributed by atoms with Gasteiger partial charge in [-0.15, -0.1) is 0 Å². The van der Waals surface area contributed by atoms with Crippen molar-refractivity contribution in [3.05, 3.63) is 111 Å². The number of carbonyl (C=O) groups is 1. The summed E-state index contributed by atoms with van der Waals surface area (Å²) in [5.74, 6) is -0.00586. The van der Waals surface area contributed by atoms with Gasteiger partial charge in [0.05, 0.1) is 18.7 Å². The maximum Gasteiger partial charge on any atom is 0.162 e. The first-order valence-electron chi connectivity index (χ1n) is 12.7. The maximum atomic E-state index is 14.0. The molecule has 1 heterocycles. The lowest BCUT2D eigenvalue weighted by Gasteiger charge is -2.45. The van der Waals surface area contributed by atoms with Gasteiger partial charge in [0.1, 0.15) is 17.3 Å². The molecule has 1 unspecified atom stereocenters. The zero-order valence-electron chi connectivity index (χ0n) is 22.0. The molecule has 2 N–H and O–H groups in total. The fourth-order valence-electron chi connectivity index (χ4n) is 5.69. The van der Waals surface area contributed by atoms with Crippen LogP contribution in [-0.4, -0.2) is 23.8 Å². The molecule has 1 atom stereocenters. The summed E-state index contributed by atoms with van der Waals surface area (Å²) in [6.07, 6.45) is 0.958. The van der Waals surface area contributed by atoms with Gasteiger partial charge in [0.25, 0.3) is 0 Å². The molecular weight excluding hydrogens is 496 g/mol. The molecule has 3 aromatic rings. The van der Waals surface area contributed by atoms with Gasteiger partial charge in [0.15, 0.2) is 5.78 Å². The zero-order valence-corrected chi connectivity index (χ0v) is 22.8. The van der Waals surface area contributed by atoms with Crippen molar-refractivity contribution >= 4 is 34.7 Å². The lowest BCUT2D eigenvalue weighted by Crippen LogP contribution is -2.45. The quantitative estimate of drug-likeness (QED) is 0.339. The number of nitrogens with zero attached hydrogens (tertiary/aromatic N) is 1. The predicted octanol–water partition coefficient (Wildman–Crippen LogP) is 7.85. The minimum atomic E-state index is -0.673. The van der Waals surface area contributed by atoms with E-state index in [0.29, 0.717) is 40.3 Å². The van der Waals surface area contributed by atoms with E-state index in [1.807, 2.05) is 72.5 Å². The maximum absolute atomic E-state index is 14.0. The molecule has 1 aliphatic heterocycles. The Kier molecular flexibility index (Phi) is 6.66. The van der Waals surface area contributed by atoms with Gasteiger partial charge in [-0.2, -0.15) is 0 Å². The van der Waals surface area contributed by atoms with Gasteiger partial charge in [-0.3, -0.25) is 15.1 Å². The van der Waals surface area contributed by atoms with Crippen molar-refractivity contribution in [3.63, 3.8) is 0 Å². The number of para-hydroxylation sites is 1. The molecule has 5 nitrogen and oxygen atoms in total. The SMILES string of the molecule is COc1ccccc1C1C2=C(CC(C)(C)CC2=O)N(c2cccc(Cl)c2C)C(=N)/C1=C(/O)c1ccccc1. The Morgan fingerprint density at radius 2 is 1.71 bits per heavy atom. The summed E-state index contributed by atoms with van der Waals surface area (Å²) < 4.78 is 5.73. The smallest absolute Gasteiger partial charge is 0.162 e. The van der Waals surface area contributed by atoms with Crippen molar-refractivity contribution < 1.29 is 14.6 Å². The van der Waals surface area contributed by atoms with Crippen molar-refractivity contribution in [1.82, 2.24) is 0 Å². The van der Waals surface area contributed by atoms with Gasteiger partial charge < -0.3 is 9.84 Å². The first kappa shape index (κ1) is 25.8. The number of hydrogen-bond acceptors (Lipinski definition) is 4. The highest BCUT2D eigenvalue weighted by Crippen LogP contribution is 2.53. The van der Waals surface area contributed by atoms with E-state index in [4.69, 9.17) is 16.3 Å². The number of amidine groups is 1. The van der Waals surface area contributed by atoms with E-state index in [2.05, 4.69) is 13.8 Å². The molecule has 5 rings (SSSR count). The number of nitrogens with one attached hydrogen (secondary N) is 1. The predicted molar refractivity (Wildman–Crippen MR) is 153 cm³/mol. The number of aliphatic hydroxyl groups excluding tert-OH is 1. The van der Waals surface area contributed by atoms with E-state index in [9.17, 15) is 15.3 Å². The van der Waals surface area contributed by atoms with Crippen LogP contribution in [0.5, 0.6) is 5.75 Å². The highest BCUT2D eigenvalue weighted by molar-refractivity contribution is 6.32. The second-order valence-electron chi connectivity index (χ2n) is 10.7. The number of ketones is 1. The van der Waals surface area contributed by atoms with Gasteiger partial charge in [0, 0.05) is 39.4 Å². The van der Waals surface area contributed by atoms with Crippen LogP contribution in [0.25, 0.3) is 5.76 Å². The molecule has 0 bridgehead atoms. The standard InChI is InChI=1S/C32H31ClN2O3/c1-19-22(33)14-10-15-23(19)35-24-17-32(2,3)18-25(36)28(24)27(21-13-8-9-16-26(21)38-4)29(31(35)34)30(37)20-11-6-5-7-12-20/h5-16,27,34,37H,17-18H2,1-4H3/b30-29+,34-31?. The van der Waals surface area contributed by atoms with Crippen LogP contribution in [0.3, 0.4) is 0 Å². The number of carbonyl (C=O) groups excluding carboxylic acids is 1. The van der Waals surface area contributed by atoms with Crippen LogP contribution in [0.2, 0.25) is 5.02 Å². The summed E-state index contributed by atoms with van der Waals surface area (Å²) in [5, 5.41) is 22.0. The van der Waals surface area contributed by atoms with Crippen LogP contribution >= 0.6 is 11.6 Å². The van der Waals surface area contributed by atoms with Gasteiger partial charge >= 0.3 is 0 Å². The van der Waals surface area contributed by atoms with Crippen molar-refractivity contribution in [3.8, 4) is 5.75 Å². The largest absolute Gasteiger partial charge is 0.507 e. The second-order valence-corrected chi connectivity index (χ2v) is 11.1. The van der Waals surface area contributed by atoms with Crippen LogP contribution in [0.15, 0.2) is 89.6 Å². The first-order valence-corrected chi connectivity index (χ1v) is 13.0. The number of Topliss-reactive ketones (excluding diaryl/α,β-unsaturated/α-hetero) is 1. The summed E-state index contributed by atoms with van der Waals surface area (Å²) in [4.78, 5) is 15.9. The zero-order chi connectivity index (χ0) is 27.2. The molecule has 0 radical (unpaired) electrons. The van der Waals surface area contributed by atoms with E-state index in [-0.39, 0.29) is 22.8 Å². The Morgan fingerprint density at radius 3 is 2.42 bits per heavy atom. The number of methoxy groups -OCH3 is 1. The summed E-state index contributed by atoms with van der Waals surface area (Å²) in [6, 6.07) is 22.3. The summed E-state index contributed by atoms with van der Waals surface area (Å²) >= 11 is 6.54. The third-order valence-electron chi connectivity index (χ3n) is 7.45. The van der Waals surface area contributed by atoms with E-state index >= 15 is 0 Å². The normalized spacial score (nSPS) is 20.3. The molecule has 0 saturated carbocycles. The average molecular weight is 527 g/mol. The topological polar surface area (TPSA) is 73.6 Å². The van der Waals surface area contributed by atoms with Crippen LogP contribution in [0, 0.1) is 17.7 Å². The lowest BCUT2D eigenvalue weighted by atomic mass is 9.67. The number of hydrogen-bond donors (Lipinski definition) is 2. The van der Waals surface area contributed by atoms with Crippen LogP contribution in [0.1, 0.15) is 49.3 Å². The molecule has 0 fully saturated rings. The summed E-state index contributed by atoms with van der Waals surface area (Å²) in [6.45, 7) is 6.06. The fourth-order valence-corrected chi connectivity index (χ4v) is 5.86. The Balaban J connectivity index is 1.91. The number of halogens is 1. The van der Waals surface area contributed by atoms with Crippen molar-refractivity contribution in [1.29, 1.82) is 5.41 Å². The molecule has 2 aliphatic rings. The van der Waals surface area contributed by atoms with E-state index in [0.717, 1.165) is 22.5 Å². The van der Waals surface area contributed by atoms with Crippen molar-refractivity contribution in [2.24, 2.45) is 5.41 Å². The number of aliphatic hydroxyl groups is 1. The Labute approximate surface area is 228 Å². The molecule has 38 heavy (non-hydrogen) atoms. The number of benzene rings is 3. The molecule has 1 aliphatic carbocycles. The summed E-state index contributed by atoms with van der Waals surface area (Å²) in [5.41, 5.74) is 4.24. The highest BCUT2D eigenvalue weighted by atomic mass is 35.5. The number of anilines is 1. The molecule has 6 heteroatoms. The van der Waals surface area contributed by atoms with E-state index in [1.54, 1.807) is 19.2 Å². The van der Waals surface area contributed by atoms with Gasteiger partial charge in [-0.1, -0.05) is 80.0 Å². The molecular formula is C32H31ClN2O3. The van der Waals surface area contributed by atoms with Gasteiger partial charge in [-0.05, 0) is 42.5 Å². The minimum absolute atomic E-state index is 0.00250. The molecule has 0 aromatic heterocycles. The lowest BCUT2D eigenvalue weighted by molar-refractivity contribution is -0.118. The van der Waals surface area contributed by atoms with Crippen molar-refractivity contribution in [2.75, 3.05) is 12.0 Å². The Hall–Kier alpha value is -3.83. The third-order valence-corrected chi connectivity index (χ3v) is 7.86. The van der Waals surface area contributed by atoms with Crippen LogP contribution in [0.4, 0.5) is 5.69 Å². The monoisotopic (exact) mass is 526 g/mol. The minimum Gasteiger partial charge on any atom is -0.507 e. The van der Waals surface area contributed by atoms with E-state index in [1.165, 1.54) is 0 Å². The second kappa shape index (κ2) is 9.80. The van der Waals surface area contributed by atoms with Crippen LogP contribution < -0.4 is 9.64 Å². The van der Waals surface area contributed by atoms with Gasteiger partial charge in [-0.25, -0.2) is 0 Å². The molecule has 194 valence electrons. The van der Waals surface area contributed by atoms with Crippen LogP contribution in [-0.2, 0) is 4.79 Å². The number of ether oxygens (including phenoxy) is 1. The molecule has 3 aromatic carbocycles. The highest BCUT2D eigenvalue weighted by Gasteiger charge is 2.47.